The highest BCUT2D eigenvalue weighted by Gasteiger charge is 2.38. The standard InChI is InChI=1S/C37H47N5/c1-7-11-22-34-38-35(23-12-8-2)40-36(39-34)28-24-25-30(37(6,9-3)10-4)33(26-28)42-27(5)41(29-18-14-13-15-19-29)31-20-16-17-21-32(31)42/h13-21,24-27H,7-12,22-23H2,1-6H3/t27-/m1/s1. The Morgan fingerprint density at radius 1 is 0.667 bits per heavy atom. The molecular weight excluding hydrogens is 514 g/mol. The van der Waals surface area contributed by atoms with Gasteiger partial charge in [0, 0.05) is 29.8 Å². The van der Waals surface area contributed by atoms with Crippen LogP contribution in [-0.2, 0) is 18.3 Å². The first-order valence-electron chi connectivity index (χ1n) is 16.0. The summed E-state index contributed by atoms with van der Waals surface area (Å²) in [5.41, 5.74) is 7.37. The van der Waals surface area contributed by atoms with Gasteiger partial charge in [-0.3, -0.25) is 0 Å². The zero-order chi connectivity index (χ0) is 29.7. The molecule has 0 N–H and O–H groups in total. The number of aromatic nitrogens is 3. The Hall–Kier alpha value is -3.73. The predicted octanol–water partition coefficient (Wildman–Crippen LogP) is 9.94. The zero-order valence-electron chi connectivity index (χ0n) is 26.4. The molecule has 0 spiro atoms. The van der Waals surface area contributed by atoms with Crippen molar-refractivity contribution in [3.63, 3.8) is 0 Å². The average Bonchev–Trinajstić information content (AvgIpc) is 3.33. The molecule has 0 bridgehead atoms. The fourth-order valence-electron chi connectivity index (χ4n) is 6.17. The molecule has 1 aromatic heterocycles. The summed E-state index contributed by atoms with van der Waals surface area (Å²) in [6.07, 6.45) is 8.43. The van der Waals surface area contributed by atoms with Gasteiger partial charge >= 0.3 is 0 Å². The lowest BCUT2D eigenvalue weighted by Crippen LogP contribution is -2.37. The smallest absolute Gasteiger partial charge is 0.163 e. The molecule has 0 fully saturated rings. The maximum Gasteiger partial charge on any atom is 0.163 e. The molecule has 5 heteroatoms. The number of unbranched alkanes of at least 4 members (excludes halogenated alkanes) is 2. The quantitative estimate of drug-likeness (QED) is 0.172. The third kappa shape index (κ3) is 5.79. The zero-order valence-corrected chi connectivity index (χ0v) is 26.4. The summed E-state index contributed by atoms with van der Waals surface area (Å²) in [7, 11) is 0. The molecule has 42 heavy (non-hydrogen) atoms. The minimum Gasteiger partial charge on any atom is -0.319 e. The number of para-hydroxylation sites is 3. The van der Waals surface area contributed by atoms with Gasteiger partial charge in [0.2, 0.25) is 0 Å². The highest BCUT2D eigenvalue weighted by molar-refractivity contribution is 5.89. The lowest BCUT2D eigenvalue weighted by atomic mass is 9.76. The third-order valence-corrected chi connectivity index (χ3v) is 9.14. The number of rotatable bonds is 12. The van der Waals surface area contributed by atoms with Gasteiger partial charge < -0.3 is 9.80 Å². The van der Waals surface area contributed by atoms with Crippen molar-refractivity contribution in [3.8, 4) is 11.4 Å². The molecule has 5 rings (SSSR count). The van der Waals surface area contributed by atoms with Crippen molar-refractivity contribution >= 4 is 22.7 Å². The van der Waals surface area contributed by atoms with Gasteiger partial charge in [0.25, 0.3) is 0 Å². The van der Waals surface area contributed by atoms with E-state index >= 15 is 0 Å². The van der Waals surface area contributed by atoms with Crippen LogP contribution < -0.4 is 9.80 Å². The first kappa shape index (κ1) is 29.8. The molecule has 0 amide bonds. The molecule has 1 aliphatic rings. The molecule has 4 aromatic rings. The van der Waals surface area contributed by atoms with Crippen LogP contribution in [0.15, 0.2) is 72.8 Å². The fraction of sp³-hybridized carbons (Fsp3) is 0.432. The van der Waals surface area contributed by atoms with Gasteiger partial charge in [-0.25, -0.2) is 15.0 Å². The maximum atomic E-state index is 5.02. The molecule has 0 aliphatic carbocycles. The first-order valence-corrected chi connectivity index (χ1v) is 16.0. The minimum absolute atomic E-state index is 0.0420. The maximum absolute atomic E-state index is 5.02. The molecule has 3 aromatic carbocycles. The highest BCUT2D eigenvalue weighted by atomic mass is 15.4. The van der Waals surface area contributed by atoms with Gasteiger partial charge in [-0.1, -0.05) is 89.9 Å². The van der Waals surface area contributed by atoms with Crippen molar-refractivity contribution in [2.45, 2.75) is 104 Å². The first-order chi connectivity index (χ1) is 20.4. The molecule has 2 heterocycles. The van der Waals surface area contributed by atoms with E-state index in [1.54, 1.807) is 0 Å². The monoisotopic (exact) mass is 561 g/mol. The molecular formula is C37H47N5. The van der Waals surface area contributed by atoms with Crippen LogP contribution in [0.3, 0.4) is 0 Å². The Bertz CT molecular complexity index is 1450. The number of benzene rings is 3. The van der Waals surface area contributed by atoms with Gasteiger partial charge in [-0.15, -0.1) is 0 Å². The van der Waals surface area contributed by atoms with E-state index in [0.717, 1.165) is 74.4 Å². The van der Waals surface area contributed by atoms with E-state index in [1.807, 2.05) is 0 Å². The van der Waals surface area contributed by atoms with E-state index in [0.29, 0.717) is 0 Å². The van der Waals surface area contributed by atoms with Crippen LogP contribution >= 0.6 is 0 Å². The summed E-state index contributed by atoms with van der Waals surface area (Å²) >= 11 is 0. The van der Waals surface area contributed by atoms with Crippen LogP contribution in [0.1, 0.15) is 97.3 Å². The summed E-state index contributed by atoms with van der Waals surface area (Å²) in [4.78, 5) is 19.9. The minimum atomic E-state index is 0.0420. The fourth-order valence-corrected chi connectivity index (χ4v) is 6.17. The SMILES string of the molecule is CCCCc1nc(CCCC)nc(-c2ccc(C(C)(CC)CC)c(N3c4ccccc4N(c4ccccc4)[C@H]3C)c2)n1. The van der Waals surface area contributed by atoms with Crippen LogP contribution in [-0.4, -0.2) is 21.1 Å². The third-order valence-electron chi connectivity index (χ3n) is 9.14. The molecule has 1 aliphatic heterocycles. The Balaban J connectivity index is 1.69. The van der Waals surface area contributed by atoms with E-state index in [1.165, 1.54) is 28.3 Å². The average molecular weight is 562 g/mol. The van der Waals surface area contributed by atoms with Crippen molar-refractivity contribution < 1.29 is 0 Å². The van der Waals surface area contributed by atoms with Crippen molar-refractivity contribution in [2.24, 2.45) is 0 Å². The number of fused-ring (bicyclic) bond motifs is 1. The van der Waals surface area contributed by atoms with Gasteiger partial charge in [0.05, 0.1) is 11.4 Å². The molecule has 0 saturated heterocycles. The second-order valence-electron chi connectivity index (χ2n) is 11.9. The number of nitrogens with zero attached hydrogens (tertiary/aromatic N) is 5. The largest absolute Gasteiger partial charge is 0.319 e. The lowest BCUT2D eigenvalue weighted by Gasteiger charge is -2.36. The van der Waals surface area contributed by atoms with Crippen molar-refractivity contribution in [2.75, 3.05) is 9.80 Å². The Labute approximate surface area is 253 Å². The van der Waals surface area contributed by atoms with Crippen LogP contribution in [0.4, 0.5) is 22.7 Å². The number of hydrogen-bond acceptors (Lipinski definition) is 5. The molecule has 0 unspecified atom stereocenters. The molecule has 1 atom stereocenters. The summed E-state index contributed by atoms with van der Waals surface area (Å²) in [6, 6.07) is 26.5. The van der Waals surface area contributed by atoms with Crippen molar-refractivity contribution in [3.05, 3.63) is 90.0 Å². The van der Waals surface area contributed by atoms with Crippen molar-refractivity contribution in [1.29, 1.82) is 0 Å². The summed E-state index contributed by atoms with van der Waals surface area (Å²) < 4.78 is 0. The molecule has 0 radical (unpaired) electrons. The Morgan fingerprint density at radius 2 is 1.24 bits per heavy atom. The second kappa shape index (κ2) is 13.1. The van der Waals surface area contributed by atoms with E-state index in [9.17, 15) is 0 Å². The van der Waals surface area contributed by atoms with Gasteiger partial charge in [-0.2, -0.15) is 0 Å². The lowest BCUT2D eigenvalue weighted by molar-refractivity contribution is 0.439. The topological polar surface area (TPSA) is 45.2 Å². The number of hydrogen-bond donors (Lipinski definition) is 0. The summed E-state index contributed by atoms with van der Waals surface area (Å²) in [6.45, 7) is 13.8. The van der Waals surface area contributed by atoms with E-state index in [-0.39, 0.29) is 11.6 Å². The van der Waals surface area contributed by atoms with E-state index < -0.39 is 0 Å². The van der Waals surface area contributed by atoms with E-state index in [2.05, 4.69) is 124 Å². The summed E-state index contributed by atoms with van der Waals surface area (Å²) in [5, 5.41) is 0. The van der Waals surface area contributed by atoms with Gasteiger partial charge in [-0.05, 0) is 73.9 Å². The molecule has 0 saturated carbocycles. The number of anilines is 4. The molecule has 220 valence electrons. The van der Waals surface area contributed by atoms with Crippen LogP contribution in [0.5, 0.6) is 0 Å². The summed E-state index contributed by atoms with van der Waals surface area (Å²) in [5.74, 6) is 2.63. The predicted molar refractivity (Wildman–Crippen MR) is 177 cm³/mol. The van der Waals surface area contributed by atoms with Gasteiger partial charge in [0.15, 0.2) is 5.82 Å². The highest BCUT2D eigenvalue weighted by Crippen LogP contribution is 2.51. The van der Waals surface area contributed by atoms with Crippen molar-refractivity contribution in [1.82, 2.24) is 15.0 Å². The van der Waals surface area contributed by atoms with Crippen LogP contribution in [0, 0.1) is 0 Å². The van der Waals surface area contributed by atoms with Gasteiger partial charge in [0.1, 0.15) is 17.8 Å². The Morgan fingerprint density at radius 3 is 1.81 bits per heavy atom. The van der Waals surface area contributed by atoms with E-state index in [4.69, 9.17) is 15.0 Å². The molecule has 5 nitrogen and oxygen atoms in total. The normalized spacial score (nSPS) is 14.9. The second-order valence-corrected chi connectivity index (χ2v) is 11.9. The van der Waals surface area contributed by atoms with Crippen LogP contribution in [0.2, 0.25) is 0 Å². The number of aryl methyl sites for hydroxylation is 2. The Kier molecular flexibility index (Phi) is 9.25. The van der Waals surface area contributed by atoms with Crippen LogP contribution in [0.25, 0.3) is 11.4 Å².